The first-order valence-corrected chi connectivity index (χ1v) is 14.4. The molecule has 1 fully saturated rings. The Kier molecular flexibility index (Phi) is 8.06. The average molecular weight is 543 g/mol. The molecule has 206 valence electrons. The summed E-state index contributed by atoms with van der Waals surface area (Å²) in [4.78, 5) is 18.0. The Hall–Kier alpha value is -4.48. The van der Waals surface area contributed by atoms with E-state index in [1.54, 1.807) is 0 Å². The first-order chi connectivity index (χ1) is 20.2. The molecule has 4 aromatic carbocycles. The standard InChI is InChI=1S/C36H34N2O3/c39-32(26-13-4-1-5-14-26)24-37-35(40)30-20-10-12-25(23-30)22-29-19-11-21-31(29)36-38-33(27-15-6-2-7-16-27)34(41-36)28-17-8-3-9-18-28/h1-10,12-18,20,23,29,31-32,39H,11,19,21-22,24H2,(H,37,40)/t29-,31+,32-/m0/s1. The van der Waals surface area contributed by atoms with Crippen LogP contribution in [0.25, 0.3) is 22.6 Å². The van der Waals surface area contributed by atoms with E-state index in [0.29, 0.717) is 11.5 Å². The average Bonchev–Trinajstić information content (AvgIpc) is 3.68. The molecule has 1 aliphatic rings. The quantitative estimate of drug-likeness (QED) is 0.201. The van der Waals surface area contributed by atoms with Crippen LogP contribution in [0.5, 0.6) is 0 Å². The molecule has 3 atom stereocenters. The van der Waals surface area contributed by atoms with Gasteiger partial charge in [0.1, 0.15) is 5.69 Å². The van der Waals surface area contributed by atoms with Gasteiger partial charge in [0, 0.05) is 29.2 Å². The summed E-state index contributed by atoms with van der Waals surface area (Å²) in [7, 11) is 0. The third-order valence-electron chi connectivity index (χ3n) is 8.03. The predicted octanol–water partition coefficient (Wildman–Crippen LogP) is 7.60. The zero-order chi connectivity index (χ0) is 28.0. The van der Waals surface area contributed by atoms with E-state index in [0.717, 1.165) is 65.3 Å². The van der Waals surface area contributed by atoms with Crippen LogP contribution in [0.4, 0.5) is 0 Å². The first kappa shape index (κ1) is 26.7. The fraction of sp³-hybridized carbons (Fsp3) is 0.222. The van der Waals surface area contributed by atoms with Crippen molar-refractivity contribution in [3.8, 4) is 22.6 Å². The fourth-order valence-corrected chi connectivity index (χ4v) is 5.91. The van der Waals surface area contributed by atoms with E-state index in [9.17, 15) is 9.90 Å². The Morgan fingerprint density at radius 1 is 0.854 bits per heavy atom. The van der Waals surface area contributed by atoms with Crippen LogP contribution in [0.2, 0.25) is 0 Å². The van der Waals surface area contributed by atoms with Crippen molar-refractivity contribution >= 4 is 5.91 Å². The van der Waals surface area contributed by atoms with Gasteiger partial charge in [0.05, 0.1) is 6.10 Å². The number of carbonyl (C=O) groups excluding carboxylic acids is 1. The second-order valence-electron chi connectivity index (χ2n) is 10.8. The molecule has 41 heavy (non-hydrogen) atoms. The Labute approximate surface area is 240 Å². The first-order valence-electron chi connectivity index (χ1n) is 14.4. The molecule has 1 saturated carbocycles. The van der Waals surface area contributed by atoms with Crippen LogP contribution in [0.3, 0.4) is 0 Å². The highest BCUT2D eigenvalue weighted by molar-refractivity contribution is 5.94. The van der Waals surface area contributed by atoms with Crippen LogP contribution in [-0.4, -0.2) is 22.5 Å². The van der Waals surface area contributed by atoms with E-state index < -0.39 is 6.10 Å². The largest absolute Gasteiger partial charge is 0.440 e. The lowest BCUT2D eigenvalue weighted by Crippen LogP contribution is -2.28. The zero-order valence-electron chi connectivity index (χ0n) is 22.9. The number of aliphatic hydroxyl groups excluding tert-OH is 1. The molecule has 0 unspecified atom stereocenters. The van der Waals surface area contributed by atoms with Crippen molar-refractivity contribution in [3.63, 3.8) is 0 Å². The number of nitrogens with zero attached hydrogens (tertiary/aromatic N) is 1. The van der Waals surface area contributed by atoms with Gasteiger partial charge < -0.3 is 14.8 Å². The summed E-state index contributed by atoms with van der Waals surface area (Å²) >= 11 is 0. The number of oxazole rings is 1. The van der Waals surface area contributed by atoms with Gasteiger partial charge in [0.15, 0.2) is 11.7 Å². The molecule has 2 N–H and O–H groups in total. The molecule has 0 aliphatic heterocycles. The molecule has 5 aromatic rings. The maximum Gasteiger partial charge on any atom is 0.251 e. The minimum atomic E-state index is -0.745. The van der Waals surface area contributed by atoms with Crippen LogP contribution < -0.4 is 5.32 Å². The number of aliphatic hydroxyl groups is 1. The molecule has 1 heterocycles. The van der Waals surface area contributed by atoms with Gasteiger partial charge in [-0.3, -0.25) is 4.79 Å². The summed E-state index contributed by atoms with van der Waals surface area (Å²) in [6, 6.07) is 37.6. The number of carbonyl (C=O) groups is 1. The van der Waals surface area contributed by atoms with Crippen LogP contribution in [0.15, 0.2) is 120 Å². The van der Waals surface area contributed by atoms with Crippen LogP contribution in [0, 0.1) is 5.92 Å². The van der Waals surface area contributed by atoms with Gasteiger partial charge in [-0.15, -0.1) is 0 Å². The van der Waals surface area contributed by atoms with Crippen molar-refractivity contribution in [2.24, 2.45) is 5.92 Å². The molecule has 0 radical (unpaired) electrons. The lowest BCUT2D eigenvalue weighted by atomic mass is 9.89. The Bertz CT molecular complexity index is 1520. The zero-order valence-corrected chi connectivity index (χ0v) is 22.9. The lowest BCUT2D eigenvalue weighted by Gasteiger charge is -2.17. The van der Waals surface area contributed by atoms with E-state index in [-0.39, 0.29) is 18.4 Å². The molecule has 0 spiro atoms. The van der Waals surface area contributed by atoms with Gasteiger partial charge in [-0.1, -0.05) is 110 Å². The van der Waals surface area contributed by atoms with Gasteiger partial charge in [0.25, 0.3) is 5.91 Å². The normalized spacial score (nSPS) is 17.3. The molecule has 1 aromatic heterocycles. The SMILES string of the molecule is O=C(NC[C@H](O)c1ccccc1)c1cccc(C[C@@H]2CCC[C@H]2c2nc(-c3ccccc3)c(-c3ccccc3)o2)c1. The highest BCUT2D eigenvalue weighted by atomic mass is 16.4. The third kappa shape index (κ3) is 6.16. The topological polar surface area (TPSA) is 75.4 Å². The number of hydrogen-bond donors (Lipinski definition) is 2. The van der Waals surface area contributed by atoms with Crippen molar-refractivity contribution in [1.29, 1.82) is 0 Å². The highest BCUT2D eigenvalue weighted by Crippen LogP contribution is 2.44. The number of aromatic nitrogens is 1. The van der Waals surface area contributed by atoms with Gasteiger partial charge in [-0.25, -0.2) is 4.98 Å². The summed E-state index contributed by atoms with van der Waals surface area (Å²) in [6.45, 7) is 0.162. The highest BCUT2D eigenvalue weighted by Gasteiger charge is 2.33. The van der Waals surface area contributed by atoms with Gasteiger partial charge in [-0.05, 0) is 48.4 Å². The maximum atomic E-state index is 12.9. The number of nitrogens with one attached hydrogen (secondary N) is 1. The summed E-state index contributed by atoms with van der Waals surface area (Å²) in [5.41, 5.74) is 5.46. The number of hydrogen-bond acceptors (Lipinski definition) is 4. The van der Waals surface area contributed by atoms with Crippen molar-refractivity contribution in [1.82, 2.24) is 10.3 Å². The van der Waals surface area contributed by atoms with Gasteiger partial charge >= 0.3 is 0 Å². The van der Waals surface area contributed by atoms with Crippen LogP contribution in [0.1, 0.15) is 58.7 Å². The summed E-state index contributed by atoms with van der Waals surface area (Å²) in [5.74, 6) is 2.02. The predicted molar refractivity (Wildman–Crippen MR) is 161 cm³/mol. The minimum absolute atomic E-state index is 0.162. The van der Waals surface area contributed by atoms with Gasteiger partial charge in [-0.2, -0.15) is 0 Å². The van der Waals surface area contributed by atoms with Crippen molar-refractivity contribution in [3.05, 3.63) is 138 Å². The summed E-state index contributed by atoms with van der Waals surface area (Å²) in [5, 5.41) is 13.3. The molecule has 0 saturated heterocycles. The van der Waals surface area contributed by atoms with E-state index in [2.05, 4.69) is 35.6 Å². The molecule has 0 bridgehead atoms. The van der Waals surface area contributed by atoms with E-state index in [4.69, 9.17) is 9.40 Å². The van der Waals surface area contributed by atoms with Crippen molar-refractivity contribution in [2.75, 3.05) is 6.54 Å². The van der Waals surface area contributed by atoms with Gasteiger partial charge in [0.2, 0.25) is 0 Å². The van der Waals surface area contributed by atoms with E-state index >= 15 is 0 Å². The molecule has 5 nitrogen and oxygen atoms in total. The second-order valence-corrected chi connectivity index (χ2v) is 10.8. The summed E-state index contributed by atoms with van der Waals surface area (Å²) < 4.78 is 6.56. The fourth-order valence-electron chi connectivity index (χ4n) is 5.91. The van der Waals surface area contributed by atoms with E-state index in [1.807, 2.05) is 84.9 Å². The van der Waals surface area contributed by atoms with E-state index in [1.165, 1.54) is 0 Å². The minimum Gasteiger partial charge on any atom is -0.440 e. The van der Waals surface area contributed by atoms with Crippen LogP contribution >= 0.6 is 0 Å². The smallest absolute Gasteiger partial charge is 0.251 e. The maximum absolute atomic E-state index is 12.9. The second kappa shape index (κ2) is 12.4. The molecule has 1 amide bonds. The van der Waals surface area contributed by atoms with Crippen molar-refractivity contribution < 1.29 is 14.3 Å². The Morgan fingerprint density at radius 3 is 2.27 bits per heavy atom. The number of rotatable bonds is 9. The Balaban J connectivity index is 1.19. The number of benzene rings is 4. The third-order valence-corrected chi connectivity index (χ3v) is 8.03. The lowest BCUT2D eigenvalue weighted by molar-refractivity contribution is 0.0916. The summed E-state index contributed by atoms with van der Waals surface area (Å²) in [6.07, 6.45) is 3.35. The Morgan fingerprint density at radius 2 is 1.54 bits per heavy atom. The van der Waals surface area contributed by atoms with Crippen molar-refractivity contribution in [2.45, 2.75) is 37.7 Å². The molecular weight excluding hydrogens is 508 g/mol. The molecule has 5 heteroatoms. The number of amides is 1. The molecule has 6 rings (SSSR count). The van der Waals surface area contributed by atoms with Crippen LogP contribution in [-0.2, 0) is 6.42 Å². The monoisotopic (exact) mass is 542 g/mol. The molecule has 1 aliphatic carbocycles. The molecular formula is C36H34N2O3.